The van der Waals surface area contributed by atoms with E-state index in [0.29, 0.717) is 17.0 Å². The first-order valence-corrected chi connectivity index (χ1v) is 7.48. The van der Waals surface area contributed by atoms with Gasteiger partial charge in [-0.3, -0.25) is 4.79 Å². The summed E-state index contributed by atoms with van der Waals surface area (Å²) in [6.45, 7) is 0.930. The molecule has 2 aromatic carbocycles. The lowest BCUT2D eigenvalue weighted by atomic mass is 10.1. The van der Waals surface area contributed by atoms with Crippen molar-refractivity contribution < 1.29 is 9.53 Å². The zero-order chi connectivity index (χ0) is 14.8. The number of amides is 1. The summed E-state index contributed by atoms with van der Waals surface area (Å²) in [7, 11) is 1.58. The van der Waals surface area contributed by atoms with Crippen LogP contribution in [0.5, 0.6) is 5.75 Å². The van der Waals surface area contributed by atoms with Crippen LogP contribution >= 0.6 is 15.9 Å². The third kappa shape index (κ3) is 2.88. The molecule has 0 unspecified atom stereocenters. The van der Waals surface area contributed by atoms with E-state index in [1.165, 1.54) is 5.56 Å². The Hall–Kier alpha value is -2.01. The minimum atomic E-state index is -0.150. The number of hydrogen-bond donors (Lipinski definition) is 2. The SMILES string of the molecule is COc1ccc(Br)cc1NC(=O)c1ccc2c(c1)NCC2. The number of carbonyl (C=O) groups is 1. The standard InChI is InChI=1S/C16H15BrN2O2/c1-21-15-5-4-12(17)9-14(15)19-16(20)11-3-2-10-6-7-18-13(10)8-11/h2-5,8-9,18H,6-7H2,1H3,(H,19,20). The Kier molecular flexibility index (Phi) is 3.84. The fraction of sp³-hybridized carbons (Fsp3) is 0.188. The van der Waals surface area contributed by atoms with Crippen molar-refractivity contribution in [3.05, 3.63) is 52.0 Å². The Balaban J connectivity index is 1.85. The molecule has 0 atom stereocenters. The van der Waals surface area contributed by atoms with Crippen LogP contribution in [0.1, 0.15) is 15.9 Å². The molecule has 3 rings (SSSR count). The molecule has 5 heteroatoms. The second-order valence-electron chi connectivity index (χ2n) is 4.85. The van der Waals surface area contributed by atoms with E-state index in [9.17, 15) is 4.79 Å². The molecule has 0 radical (unpaired) electrons. The molecule has 0 bridgehead atoms. The minimum absolute atomic E-state index is 0.150. The van der Waals surface area contributed by atoms with Crippen molar-refractivity contribution in [1.29, 1.82) is 0 Å². The molecule has 1 aliphatic rings. The molecule has 4 nitrogen and oxygen atoms in total. The molecule has 2 N–H and O–H groups in total. The normalized spacial score (nSPS) is 12.5. The predicted molar refractivity (Wildman–Crippen MR) is 87.3 cm³/mol. The van der Waals surface area contributed by atoms with E-state index in [2.05, 4.69) is 26.6 Å². The zero-order valence-electron chi connectivity index (χ0n) is 11.6. The van der Waals surface area contributed by atoms with Gasteiger partial charge in [-0.05, 0) is 42.3 Å². The van der Waals surface area contributed by atoms with Crippen molar-refractivity contribution >= 4 is 33.2 Å². The van der Waals surface area contributed by atoms with Gasteiger partial charge >= 0.3 is 0 Å². The number of rotatable bonds is 3. The number of benzene rings is 2. The molecule has 2 aromatic rings. The molecule has 1 heterocycles. The van der Waals surface area contributed by atoms with E-state index < -0.39 is 0 Å². The largest absolute Gasteiger partial charge is 0.495 e. The summed E-state index contributed by atoms with van der Waals surface area (Å²) >= 11 is 3.40. The van der Waals surface area contributed by atoms with Gasteiger partial charge in [-0.25, -0.2) is 0 Å². The third-order valence-corrected chi connectivity index (χ3v) is 3.98. The maximum atomic E-state index is 12.4. The number of methoxy groups -OCH3 is 1. The lowest BCUT2D eigenvalue weighted by Gasteiger charge is -2.11. The first kappa shape index (κ1) is 13.9. The summed E-state index contributed by atoms with van der Waals surface area (Å²) < 4.78 is 6.15. The third-order valence-electron chi connectivity index (χ3n) is 3.49. The second kappa shape index (κ2) is 5.77. The highest BCUT2D eigenvalue weighted by atomic mass is 79.9. The number of anilines is 2. The van der Waals surface area contributed by atoms with Gasteiger partial charge in [0.1, 0.15) is 5.75 Å². The van der Waals surface area contributed by atoms with Gasteiger partial charge in [0.05, 0.1) is 12.8 Å². The summed E-state index contributed by atoms with van der Waals surface area (Å²) in [6.07, 6.45) is 1.01. The van der Waals surface area contributed by atoms with Crippen LogP contribution in [0.4, 0.5) is 11.4 Å². The van der Waals surface area contributed by atoms with Crippen LogP contribution in [-0.2, 0) is 6.42 Å². The molecule has 0 saturated carbocycles. The number of nitrogens with one attached hydrogen (secondary N) is 2. The van der Waals surface area contributed by atoms with Crippen molar-refractivity contribution in [2.45, 2.75) is 6.42 Å². The van der Waals surface area contributed by atoms with Gasteiger partial charge in [-0.15, -0.1) is 0 Å². The number of ether oxygens (including phenoxy) is 1. The van der Waals surface area contributed by atoms with Crippen LogP contribution in [0.15, 0.2) is 40.9 Å². The molecule has 108 valence electrons. The van der Waals surface area contributed by atoms with Crippen LogP contribution in [0.25, 0.3) is 0 Å². The topological polar surface area (TPSA) is 50.4 Å². The first-order valence-electron chi connectivity index (χ1n) is 6.69. The average molecular weight is 347 g/mol. The highest BCUT2D eigenvalue weighted by Gasteiger charge is 2.15. The molecular weight excluding hydrogens is 332 g/mol. The zero-order valence-corrected chi connectivity index (χ0v) is 13.2. The van der Waals surface area contributed by atoms with Crippen molar-refractivity contribution in [3.8, 4) is 5.75 Å². The van der Waals surface area contributed by atoms with Gasteiger partial charge in [0.2, 0.25) is 0 Å². The van der Waals surface area contributed by atoms with Crippen molar-refractivity contribution in [3.63, 3.8) is 0 Å². The van der Waals surface area contributed by atoms with E-state index in [0.717, 1.165) is 23.1 Å². The number of hydrogen-bond acceptors (Lipinski definition) is 3. The Morgan fingerprint density at radius 2 is 2.14 bits per heavy atom. The maximum absolute atomic E-state index is 12.4. The summed E-state index contributed by atoms with van der Waals surface area (Å²) in [4.78, 5) is 12.4. The van der Waals surface area contributed by atoms with Crippen molar-refractivity contribution in [2.75, 3.05) is 24.3 Å². The molecule has 0 aliphatic carbocycles. The van der Waals surface area contributed by atoms with Crippen molar-refractivity contribution in [2.24, 2.45) is 0 Å². The highest BCUT2D eigenvalue weighted by Crippen LogP contribution is 2.29. The van der Waals surface area contributed by atoms with Gasteiger partial charge in [0.25, 0.3) is 5.91 Å². The van der Waals surface area contributed by atoms with Gasteiger partial charge in [0.15, 0.2) is 0 Å². The summed E-state index contributed by atoms with van der Waals surface area (Å²) in [5, 5.41) is 6.17. The highest BCUT2D eigenvalue weighted by molar-refractivity contribution is 9.10. The summed E-state index contributed by atoms with van der Waals surface area (Å²) in [5.41, 5.74) is 3.57. The fourth-order valence-corrected chi connectivity index (χ4v) is 2.77. The van der Waals surface area contributed by atoms with E-state index in [1.54, 1.807) is 7.11 Å². The van der Waals surface area contributed by atoms with Crippen LogP contribution < -0.4 is 15.4 Å². The summed E-state index contributed by atoms with van der Waals surface area (Å²) in [5.74, 6) is 0.480. The van der Waals surface area contributed by atoms with Crippen LogP contribution in [0.2, 0.25) is 0 Å². The lowest BCUT2D eigenvalue weighted by Crippen LogP contribution is -2.13. The maximum Gasteiger partial charge on any atom is 0.255 e. The van der Waals surface area contributed by atoms with Crippen LogP contribution in [0.3, 0.4) is 0 Å². The number of carbonyl (C=O) groups excluding carboxylic acids is 1. The smallest absolute Gasteiger partial charge is 0.255 e. The van der Waals surface area contributed by atoms with Crippen LogP contribution in [-0.4, -0.2) is 19.6 Å². The Bertz CT molecular complexity index is 701. The fourth-order valence-electron chi connectivity index (χ4n) is 2.40. The van der Waals surface area contributed by atoms with Gasteiger partial charge < -0.3 is 15.4 Å². The van der Waals surface area contributed by atoms with Crippen molar-refractivity contribution in [1.82, 2.24) is 0 Å². The Morgan fingerprint density at radius 3 is 2.95 bits per heavy atom. The van der Waals surface area contributed by atoms with Crippen LogP contribution in [0, 0.1) is 0 Å². The Labute approximate surface area is 131 Å². The lowest BCUT2D eigenvalue weighted by molar-refractivity contribution is 0.102. The molecule has 1 amide bonds. The molecule has 0 fully saturated rings. The molecule has 21 heavy (non-hydrogen) atoms. The minimum Gasteiger partial charge on any atom is -0.495 e. The Morgan fingerprint density at radius 1 is 1.29 bits per heavy atom. The monoisotopic (exact) mass is 346 g/mol. The number of halogens is 1. The molecule has 1 aliphatic heterocycles. The van der Waals surface area contributed by atoms with Gasteiger partial charge in [0, 0.05) is 22.3 Å². The summed E-state index contributed by atoms with van der Waals surface area (Å²) in [6, 6.07) is 11.2. The molecular formula is C16H15BrN2O2. The molecule has 0 saturated heterocycles. The van der Waals surface area contributed by atoms with E-state index >= 15 is 0 Å². The first-order chi connectivity index (χ1) is 10.2. The van der Waals surface area contributed by atoms with Gasteiger partial charge in [-0.2, -0.15) is 0 Å². The quantitative estimate of drug-likeness (QED) is 0.891. The van der Waals surface area contributed by atoms with E-state index in [-0.39, 0.29) is 5.91 Å². The van der Waals surface area contributed by atoms with E-state index in [1.807, 2.05) is 36.4 Å². The number of fused-ring (bicyclic) bond motifs is 1. The predicted octanol–water partition coefficient (Wildman–Crippen LogP) is 3.68. The molecule has 0 aromatic heterocycles. The van der Waals surface area contributed by atoms with E-state index in [4.69, 9.17) is 4.74 Å². The van der Waals surface area contributed by atoms with Gasteiger partial charge in [-0.1, -0.05) is 22.0 Å². The average Bonchev–Trinajstić information content (AvgIpc) is 2.94. The molecule has 0 spiro atoms. The second-order valence-corrected chi connectivity index (χ2v) is 5.76.